The monoisotopic (exact) mass is 372 g/mol. The maximum atomic E-state index is 13.0. The van der Waals surface area contributed by atoms with E-state index in [2.05, 4.69) is 5.32 Å². The lowest BCUT2D eigenvalue weighted by Crippen LogP contribution is -2.41. The molecule has 1 aromatic carbocycles. The van der Waals surface area contributed by atoms with Crippen LogP contribution in [0.2, 0.25) is 0 Å². The summed E-state index contributed by atoms with van der Waals surface area (Å²) in [4.78, 5) is 24.3. The third-order valence-electron chi connectivity index (χ3n) is 4.74. The molecule has 26 heavy (non-hydrogen) atoms. The van der Waals surface area contributed by atoms with Crippen molar-refractivity contribution in [2.24, 2.45) is 11.8 Å². The number of likely N-dealkylation sites (tertiary alicyclic amines) is 1. The number of ether oxygens (including phenoxy) is 1. The summed E-state index contributed by atoms with van der Waals surface area (Å²) < 4.78 is 44.6. The number of alkyl halides is 3. The lowest BCUT2D eigenvalue weighted by atomic mass is 9.96. The van der Waals surface area contributed by atoms with Gasteiger partial charge in [0, 0.05) is 19.5 Å². The number of hydrogen-bond donors (Lipinski definition) is 2. The van der Waals surface area contributed by atoms with Crippen LogP contribution in [0.15, 0.2) is 24.3 Å². The Hall–Kier alpha value is -2.29. The molecule has 0 bridgehead atoms. The third kappa shape index (κ3) is 4.09. The van der Waals surface area contributed by atoms with Crippen LogP contribution in [-0.4, -0.2) is 60.3 Å². The SMILES string of the molecule is O=C(CN1C[C@@H](C(F)(F)F)[C@H](C(=O)O)C1)NCC1Cc2ccccc2O1. The first-order valence-corrected chi connectivity index (χ1v) is 8.27. The van der Waals surface area contributed by atoms with Crippen LogP contribution in [0.1, 0.15) is 5.56 Å². The Morgan fingerprint density at radius 2 is 2.00 bits per heavy atom. The van der Waals surface area contributed by atoms with Crippen molar-refractivity contribution in [3.05, 3.63) is 29.8 Å². The topological polar surface area (TPSA) is 78.9 Å². The molecule has 142 valence electrons. The Morgan fingerprint density at radius 1 is 1.27 bits per heavy atom. The number of carbonyl (C=O) groups is 2. The van der Waals surface area contributed by atoms with Crippen LogP contribution in [-0.2, 0) is 16.0 Å². The number of para-hydroxylation sites is 1. The maximum absolute atomic E-state index is 13.0. The minimum absolute atomic E-state index is 0.218. The molecule has 2 aliphatic rings. The molecule has 0 radical (unpaired) electrons. The summed E-state index contributed by atoms with van der Waals surface area (Å²) in [5.74, 6) is -4.68. The van der Waals surface area contributed by atoms with E-state index < -0.39 is 36.4 Å². The second-order valence-corrected chi connectivity index (χ2v) is 6.64. The quantitative estimate of drug-likeness (QED) is 0.815. The average Bonchev–Trinajstić information content (AvgIpc) is 3.16. The van der Waals surface area contributed by atoms with Crippen LogP contribution in [0.3, 0.4) is 0 Å². The molecule has 3 atom stereocenters. The van der Waals surface area contributed by atoms with E-state index in [1.165, 1.54) is 4.90 Å². The van der Waals surface area contributed by atoms with Crippen molar-refractivity contribution in [1.29, 1.82) is 0 Å². The van der Waals surface area contributed by atoms with Crippen molar-refractivity contribution in [3.8, 4) is 5.75 Å². The van der Waals surface area contributed by atoms with Crippen LogP contribution in [0.4, 0.5) is 13.2 Å². The Bertz CT molecular complexity index is 670. The van der Waals surface area contributed by atoms with Crippen molar-refractivity contribution >= 4 is 11.9 Å². The molecule has 3 rings (SSSR count). The number of halogens is 3. The molecule has 1 aromatic rings. The molecular formula is C17H19F3N2O4. The van der Waals surface area contributed by atoms with Crippen molar-refractivity contribution in [2.45, 2.75) is 18.7 Å². The predicted octanol–water partition coefficient (Wildman–Crippen LogP) is 1.30. The van der Waals surface area contributed by atoms with Gasteiger partial charge in [0.2, 0.25) is 5.91 Å². The van der Waals surface area contributed by atoms with E-state index >= 15 is 0 Å². The lowest BCUT2D eigenvalue weighted by molar-refractivity contribution is -0.188. The summed E-state index contributed by atoms with van der Waals surface area (Å²) >= 11 is 0. The van der Waals surface area contributed by atoms with Gasteiger partial charge < -0.3 is 15.2 Å². The highest BCUT2D eigenvalue weighted by Gasteiger charge is 2.52. The first-order valence-electron chi connectivity index (χ1n) is 8.27. The summed E-state index contributed by atoms with van der Waals surface area (Å²) in [7, 11) is 0. The normalized spacial score (nSPS) is 25.6. The van der Waals surface area contributed by atoms with Crippen molar-refractivity contribution in [3.63, 3.8) is 0 Å². The Morgan fingerprint density at radius 3 is 2.62 bits per heavy atom. The molecule has 0 saturated carbocycles. The first kappa shape index (κ1) is 18.5. The molecule has 2 heterocycles. The van der Waals surface area contributed by atoms with Gasteiger partial charge in [-0.2, -0.15) is 13.2 Å². The fourth-order valence-corrected chi connectivity index (χ4v) is 3.45. The van der Waals surface area contributed by atoms with E-state index in [9.17, 15) is 22.8 Å². The molecule has 0 aromatic heterocycles. The largest absolute Gasteiger partial charge is 0.488 e. The minimum atomic E-state index is -4.60. The Kier molecular flexibility index (Phi) is 5.08. The predicted molar refractivity (Wildman–Crippen MR) is 84.7 cm³/mol. The van der Waals surface area contributed by atoms with Crippen molar-refractivity contribution in [2.75, 3.05) is 26.2 Å². The fourth-order valence-electron chi connectivity index (χ4n) is 3.45. The summed E-state index contributed by atoms with van der Waals surface area (Å²) in [6.07, 6.45) is -4.17. The van der Waals surface area contributed by atoms with Gasteiger partial charge in [-0.25, -0.2) is 0 Å². The zero-order valence-electron chi connectivity index (χ0n) is 13.8. The van der Waals surface area contributed by atoms with Crippen molar-refractivity contribution in [1.82, 2.24) is 10.2 Å². The zero-order valence-corrected chi connectivity index (χ0v) is 13.8. The van der Waals surface area contributed by atoms with Crippen LogP contribution in [0.25, 0.3) is 0 Å². The van der Waals surface area contributed by atoms with Crippen LogP contribution >= 0.6 is 0 Å². The number of carboxylic acid groups (broad SMARTS) is 1. The summed E-state index contributed by atoms with van der Waals surface area (Å²) in [5, 5.41) is 11.6. The smallest absolute Gasteiger partial charge is 0.393 e. The molecule has 1 unspecified atom stereocenters. The van der Waals surface area contributed by atoms with Gasteiger partial charge >= 0.3 is 12.1 Å². The highest BCUT2D eigenvalue weighted by atomic mass is 19.4. The van der Waals surface area contributed by atoms with E-state index in [4.69, 9.17) is 9.84 Å². The zero-order chi connectivity index (χ0) is 18.9. The molecule has 9 heteroatoms. The number of carbonyl (C=O) groups excluding carboxylic acids is 1. The second-order valence-electron chi connectivity index (χ2n) is 6.64. The van der Waals surface area contributed by atoms with Crippen LogP contribution in [0.5, 0.6) is 5.75 Å². The van der Waals surface area contributed by atoms with E-state index in [0.717, 1.165) is 11.3 Å². The van der Waals surface area contributed by atoms with Crippen LogP contribution < -0.4 is 10.1 Å². The molecule has 2 aliphatic heterocycles. The number of aliphatic carboxylic acids is 1. The van der Waals surface area contributed by atoms with Gasteiger partial charge in [-0.3, -0.25) is 14.5 Å². The maximum Gasteiger partial charge on any atom is 0.393 e. The number of rotatable bonds is 5. The fraction of sp³-hybridized carbons (Fsp3) is 0.529. The van der Waals surface area contributed by atoms with Gasteiger partial charge in [0.1, 0.15) is 11.9 Å². The van der Waals surface area contributed by atoms with E-state index in [-0.39, 0.29) is 25.7 Å². The average molecular weight is 372 g/mol. The Balaban J connectivity index is 1.48. The third-order valence-corrected chi connectivity index (χ3v) is 4.74. The molecule has 0 aliphatic carbocycles. The summed E-state index contributed by atoms with van der Waals surface area (Å²) in [6, 6.07) is 7.52. The standard InChI is InChI=1S/C17H19F3N2O4/c18-17(19,20)13-8-22(7-12(13)16(24)25)9-15(23)21-6-11-5-10-3-1-2-4-14(10)26-11/h1-4,11-13H,5-9H2,(H,21,23)(H,24,25)/t11?,12-,13-/m1/s1. The molecular weight excluding hydrogens is 353 g/mol. The molecule has 2 N–H and O–H groups in total. The number of hydrogen-bond acceptors (Lipinski definition) is 4. The number of amides is 1. The first-order chi connectivity index (χ1) is 12.2. The second kappa shape index (κ2) is 7.14. The highest BCUT2D eigenvalue weighted by Crippen LogP contribution is 2.37. The highest BCUT2D eigenvalue weighted by molar-refractivity contribution is 5.78. The number of carboxylic acids is 1. The molecule has 1 saturated heterocycles. The number of nitrogens with one attached hydrogen (secondary N) is 1. The van der Waals surface area contributed by atoms with Gasteiger partial charge in [-0.05, 0) is 11.6 Å². The van der Waals surface area contributed by atoms with Gasteiger partial charge in [-0.1, -0.05) is 18.2 Å². The molecule has 0 spiro atoms. The van der Waals surface area contributed by atoms with Gasteiger partial charge in [-0.15, -0.1) is 0 Å². The number of fused-ring (bicyclic) bond motifs is 1. The van der Waals surface area contributed by atoms with E-state index in [0.29, 0.717) is 6.42 Å². The van der Waals surface area contributed by atoms with Gasteiger partial charge in [0.15, 0.2) is 0 Å². The molecule has 6 nitrogen and oxygen atoms in total. The molecule has 1 fully saturated rings. The lowest BCUT2D eigenvalue weighted by Gasteiger charge is -2.18. The van der Waals surface area contributed by atoms with Gasteiger partial charge in [0.05, 0.1) is 24.9 Å². The van der Waals surface area contributed by atoms with E-state index in [1.54, 1.807) is 0 Å². The summed E-state index contributed by atoms with van der Waals surface area (Å²) in [5.41, 5.74) is 1.05. The number of benzene rings is 1. The van der Waals surface area contributed by atoms with Crippen LogP contribution in [0, 0.1) is 11.8 Å². The minimum Gasteiger partial charge on any atom is -0.488 e. The van der Waals surface area contributed by atoms with E-state index in [1.807, 2.05) is 24.3 Å². The van der Waals surface area contributed by atoms with Crippen molar-refractivity contribution < 1.29 is 32.6 Å². The number of nitrogens with zero attached hydrogens (tertiary/aromatic N) is 1. The van der Waals surface area contributed by atoms with Gasteiger partial charge in [0.25, 0.3) is 0 Å². The summed E-state index contributed by atoms with van der Waals surface area (Å²) in [6.45, 7) is -0.806. The Labute approximate surface area is 147 Å². The molecule has 1 amide bonds.